The second kappa shape index (κ2) is 8.79. The number of carbonyl (C=O) groups is 1. The molecule has 0 aromatic heterocycles. The Kier molecular flexibility index (Phi) is 7.39. The van der Waals surface area contributed by atoms with Crippen molar-refractivity contribution in [1.29, 1.82) is 0 Å². The van der Waals surface area contributed by atoms with E-state index < -0.39 is 0 Å². The molecule has 1 rings (SSSR count). The first-order chi connectivity index (χ1) is 10.4. The van der Waals surface area contributed by atoms with E-state index in [4.69, 9.17) is 5.11 Å². The zero-order valence-electron chi connectivity index (χ0n) is 14.3. The van der Waals surface area contributed by atoms with Crippen LogP contribution < -0.4 is 10.6 Å². The van der Waals surface area contributed by atoms with Gasteiger partial charge in [0.05, 0.1) is 0 Å². The number of amides is 2. The highest BCUT2D eigenvalue weighted by Crippen LogP contribution is 2.29. The van der Waals surface area contributed by atoms with Crippen molar-refractivity contribution in [2.75, 3.05) is 18.5 Å². The first kappa shape index (κ1) is 18.5. The third-order valence-electron chi connectivity index (χ3n) is 3.77. The summed E-state index contributed by atoms with van der Waals surface area (Å²) in [6, 6.07) is 7.70. The van der Waals surface area contributed by atoms with Gasteiger partial charge >= 0.3 is 6.03 Å². The maximum absolute atomic E-state index is 12.1. The summed E-state index contributed by atoms with van der Waals surface area (Å²) < 4.78 is 0. The van der Waals surface area contributed by atoms with Crippen molar-refractivity contribution in [2.24, 2.45) is 5.92 Å². The highest BCUT2D eigenvalue weighted by Gasteiger charge is 2.18. The van der Waals surface area contributed by atoms with E-state index in [1.165, 1.54) is 0 Å². The molecule has 3 N–H and O–H groups in total. The second-order valence-electron chi connectivity index (χ2n) is 6.80. The van der Waals surface area contributed by atoms with Gasteiger partial charge in [-0.1, -0.05) is 52.3 Å². The Hall–Kier alpha value is -1.55. The monoisotopic (exact) mass is 306 g/mol. The molecule has 1 unspecified atom stereocenters. The van der Waals surface area contributed by atoms with E-state index >= 15 is 0 Å². The van der Waals surface area contributed by atoms with E-state index in [1.54, 1.807) is 0 Å². The van der Waals surface area contributed by atoms with E-state index in [-0.39, 0.29) is 18.1 Å². The summed E-state index contributed by atoms with van der Waals surface area (Å²) >= 11 is 0. The second-order valence-corrected chi connectivity index (χ2v) is 6.80. The molecule has 0 radical (unpaired) electrons. The molecule has 0 saturated carbocycles. The Labute approximate surface area is 134 Å². The Morgan fingerprint density at radius 2 is 1.91 bits per heavy atom. The first-order valence-electron chi connectivity index (χ1n) is 8.13. The van der Waals surface area contributed by atoms with Crippen LogP contribution in [0.2, 0.25) is 0 Å². The van der Waals surface area contributed by atoms with Gasteiger partial charge in [0.1, 0.15) is 0 Å². The molecule has 0 saturated heterocycles. The topological polar surface area (TPSA) is 61.4 Å². The number of urea groups is 1. The van der Waals surface area contributed by atoms with E-state index in [9.17, 15) is 4.79 Å². The minimum absolute atomic E-state index is 0.0223. The molecule has 1 aromatic carbocycles. The van der Waals surface area contributed by atoms with Gasteiger partial charge < -0.3 is 15.7 Å². The minimum atomic E-state index is -0.184. The molecule has 4 nitrogen and oxygen atoms in total. The van der Waals surface area contributed by atoms with Crippen molar-refractivity contribution in [3.05, 3.63) is 29.8 Å². The van der Waals surface area contributed by atoms with Crippen molar-refractivity contribution >= 4 is 11.7 Å². The highest BCUT2D eigenvalue weighted by atomic mass is 16.3. The van der Waals surface area contributed by atoms with Crippen LogP contribution in [0.1, 0.15) is 52.5 Å². The lowest BCUT2D eigenvalue weighted by molar-refractivity contribution is 0.236. The summed E-state index contributed by atoms with van der Waals surface area (Å²) in [5, 5.41) is 14.9. The average molecular weight is 306 g/mol. The van der Waals surface area contributed by atoms with Crippen LogP contribution in [0.15, 0.2) is 24.3 Å². The van der Waals surface area contributed by atoms with Gasteiger partial charge in [0.15, 0.2) is 0 Å². The molecule has 0 aliphatic heterocycles. The molecular formula is C18H30N2O2. The molecular weight excluding hydrogens is 276 g/mol. The number of nitrogens with one attached hydrogen (secondary N) is 2. The molecule has 0 spiro atoms. The van der Waals surface area contributed by atoms with Crippen molar-refractivity contribution in [2.45, 2.75) is 52.4 Å². The fourth-order valence-electron chi connectivity index (χ4n) is 2.59. The van der Waals surface area contributed by atoms with Gasteiger partial charge in [-0.3, -0.25) is 0 Å². The number of para-hydroxylation sites is 1. The number of hydrogen-bond acceptors (Lipinski definition) is 2. The lowest BCUT2D eigenvalue weighted by Crippen LogP contribution is -2.34. The number of aliphatic hydroxyl groups excluding tert-OH is 1. The van der Waals surface area contributed by atoms with E-state index in [0.717, 1.165) is 30.5 Å². The summed E-state index contributed by atoms with van der Waals surface area (Å²) in [6.07, 6.45) is 2.80. The summed E-state index contributed by atoms with van der Waals surface area (Å²) in [7, 11) is 0. The normalized spacial score (nSPS) is 12.8. The molecule has 1 aromatic rings. The Morgan fingerprint density at radius 3 is 2.50 bits per heavy atom. The van der Waals surface area contributed by atoms with Gasteiger partial charge in [-0.2, -0.15) is 0 Å². The predicted octanol–water partition coefficient (Wildman–Crippen LogP) is 3.90. The van der Waals surface area contributed by atoms with Gasteiger partial charge in [0.25, 0.3) is 0 Å². The van der Waals surface area contributed by atoms with Crippen LogP contribution in [-0.2, 0) is 5.41 Å². The lowest BCUT2D eigenvalue weighted by atomic mass is 9.86. The maximum Gasteiger partial charge on any atom is 0.319 e. The van der Waals surface area contributed by atoms with Crippen LogP contribution in [0.4, 0.5) is 10.5 Å². The summed E-state index contributed by atoms with van der Waals surface area (Å²) in [6.45, 7) is 9.26. The quantitative estimate of drug-likeness (QED) is 0.715. The highest BCUT2D eigenvalue weighted by molar-refractivity contribution is 5.90. The Bertz CT molecular complexity index is 460. The van der Waals surface area contributed by atoms with E-state index in [2.05, 4.69) is 38.3 Å². The molecule has 22 heavy (non-hydrogen) atoms. The largest absolute Gasteiger partial charge is 0.396 e. The molecule has 0 fully saturated rings. The fraction of sp³-hybridized carbons (Fsp3) is 0.611. The number of carbonyl (C=O) groups excluding carboxylic acids is 1. The predicted molar refractivity (Wildman–Crippen MR) is 92.3 cm³/mol. The maximum atomic E-state index is 12.1. The average Bonchev–Trinajstić information content (AvgIpc) is 2.45. The molecule has 1 atom stereocenters. The summed E-state index contributed by atoms with van der Waals surface area (Å²) in [4.78, 5) is 12.1. The number of rotatable bonds is 7. The van der Waals surface area contributed by atoms with Gasteiger partial charge in [-0.05, 0) is 35.8 Å². The first-order valence-corrected chi connectivity index (χ1v) is 8.13. The summed E-state index contributed by atoms with van der Waals surface area (Å²) in [5.41, 5.74) is 1.94. The molecule has 0 bridgehead atoms. The molecule has 4 heteroatoms. The van der Waals surface area contributed by atoms with Crippen LogP contribution in [0.3, 0.4) is 0 Å². The van der Waals surface area contributed by atoms with Gasteiger partial charge in [-0.25, -0.2) is 4.79 Å². The zero-order valence-corrected chi connectivity index (χ0v) is 14.3. The molecule has 124 valence electrons. The zero-order chi connectivity index (χ0) is 16.6. The van der Waals surface area contributed by atoms with Crippen LogP contribution in [0.25, 0.3) is 0 Å². The van der Waals surface area contributed by atoms with Crippen molar-refractivity contribution in [3.8, 4) is 0 Å². The summed E-state index contributed by atoms with van der Waals surface area (Å²) in [5.74, 6) is 0.332. The van der Waals surface area contributed by atoms with Crippen LogP contribution >= 0.6 is 0 Å². The number of hydrogen-bond donors (Lipinski definition) is 3. The smallest absolute Gasteiger partial charge is 0.319 e. The van der Waals surface area contributed by atoms with E-state index in [0.29, 0.717) is 12.5 Å². The third kappa shape index (κ3) is 6.06. The van der Waals surface area contributed by atoms with Crippen LogP contribution in [-0.4, -0.2) is 24.3 Å². The molecule has 0 aliphatic carbocycles. The third-order valence-corrected chi connectivity index (χ3v) is 3.77. The lowest BCUT2D eigenvalue weighted by Gasteiger charge is -2.23. The molecule has 0 heterocycles. The standard InChI is InChI=1S/C18H30N2O2/c1-5-8-14(11-12-21)13-19-17(22)20-16-10-7-6-9-15(16)18(2,3)4/h6-7,9-10,14,21H,5,8,11-13H2,1-4H3,(H2,19,20,22). The van der Waals surface area contributed by atoms with Crippen LogP contribution in [0.5, 0.6) is 0 Å². The fourth-order valence-corrected chi connectivity index (χ4v) is 2.59. The van der Waals surface area contributed by atoms with Crippen LogP contribution in [0, 0.1) is 5.92 Å². The Balaban J connectivity index is 2.62. The van der Waals surface area contributed by atoms with E-state index in [1.807, 2.05) is 24.3 Å². The van der Waals surface area contributed by atoms with Gasteiger partial charge in [0, 0.05) is 18.8 Å². The number of aliphatic hydroxyl groups is 1. The van der Waals surface area contributed by atoms with Crippen molar-refractivity contribution in [3.63, 3.8) is 0 Å². The van der Waals surface area contributed by atoms with Crippen molar-refractivity contribution in [1.82, 2.24) is 5.32 Å². The Morgan fingerprint density at radius 1 is 1.23 bits per heavy atom. The number of anilines is 1. The SMILES string of the molecule is CCCC(CCO)CNC(=O)Nc1ccccc1C(C)(C)C. The molecule has 2 amide bonds. The number of benzene rings is 1. The van der Waals surface area contributed by atoms with Crippen molar-refractivity contribution < 1.29 is 9.90 Å². The van der Waals surface area contributed by atoms with Gasteiger partial charge in [-0.15, -0.1) is 0 Å². The minimum Gasteiger partial charge on any atom is -0.396 e. The molecule has 0 aliphatic rings. The van der Waals surface area contributed by atoms with Gasteiger partial charge in [0.2, 0.25) is 0 Å².